The summed E-state index contributed by atoms with van der Waals surface area (Å²) in [6, 6.07) is 9.31. The van der Waals surface area contributed by atoms with Gasteiger partial charge in [0.2, 0.25) is 0 Å². The van der Waals surface area contributed by atoms with Gasteiger partial charge in [-0.2, -0.15) is 21.6 Å². The third kappa shape index (κ3) is 6.30. The van der Waals surface area contributed by atoms with E-state index in [0.717, 1.165) is 42.8 Å². The van der Waals surface area contributed by atoms with E-state index >= 15 is 0 Å². The highest BCUT2D eigenvalue weighted by atomic mass is 32.2. The number of halogens is 6. The smallest absolute Gasteiger partial charge is 0.417 e. The predicted octanol–water partition coefficient (Wildman–Crippen LogP) is 7.25. The van der Waals surface area contributed by atoms with E-state index in [9.17, 15) is 39.6 Å². The number of thiazole rings is 1. The molecule has 4 aromatic rings. The molecule has 0 aliphatic rings. The first-order valence-electron chi connectivity index (χ1n) is 11.3. The van der Waals surface area contributed by atoms with Gasteiger partial charge >= 0.3 is 12.1 Å². The first-order valence-corrected chi connectivity index (χ1v) is 13.7. The molecule has 1 heterocycles. The number of sulfonamides is 1. The van der Waals surface area contributed by atoms with Crippen LogP contribution in [-0.4, -0.2) is 31.6 Å². The molecule has 0 amide bonds. The molecule has 7 nitrogen and oxygen atoms in total. The Morgan fingerprint density at radius 3 is 2.20 bits per heavy atom. The van der Waals surface area contributed by atoms with Gasteiger partial charge in [0.15, 0.2) is 5.03 Å². The van der Waals surface area contributed by atoms with Gasteiger partial charge in [0.1, 0.15) is 16.6 Å². The van der Waals surface area contributed by atoms with Crippen LogP contribution < -0.4 is 9.46 Å². The summed E-state index contributed by atoms with van der Waals surface area (Å²) < 4.78 is 116. The number of nitrogens with one attached hydrogen (secondary N) is 1. The number of benzene rings is 3. The van der Waals surface area contributed by atoms with Crippen molar-refractivity contribution < 1.29 is 49.4 Å². The second kappa shape index (κ2) is 10.7. The molecule has 0 radical (unpaired) electrons. The van der Waals surface area contributed by atoms with Crippen LogP contribution in [0.3, 0.4) is 0 Å². The molecule has 0 spiro atoms. The molecule has 41 heavy (non-hydrogen) atoms. The van der Waals surface area contributed by atoms with Crippen LogP contribution in [0.5, 0.6) is 5.75 Å². The highest BCUT2D eigenvalue weighted by Crippen LogP contribution is 2.41. The number of alkyl halides is 5. The zero-order valence-electron chi connectivity index (χ0n) is 20.9. The molecule has 0 atom stereocenters. The number of ether oxygens (including phenoxy) is 1. The van der Waals surface area contributed by atoms with E-state index in [1.165, 1.54) is 18.2 Å². The lowest BCUT2D eigenvalue weighted by Gasteiger charge is -2.15. The highest BCUT2D eigenvalue weighted by molar-refractivity contribution is 7.92. The van der Waals surface area contributed by atoms with E-state index in [0.29, 0.717) is 24.3 Å². The summed E-state index contributed by atoms with van der Waals surface area (Å²) in [5, 5.41) is 9.04. The molecule has 0 saturated heterocycles. The maximum absolute atomic E-state index is 14.2. The van der Waals surface area contributed by atoms with Crippen LogP contribution >= 0.6 is 11.3 Å². The van der Waals surface area contributed by atoms with Crippen LogP contribution in [0.2, 0.25) is 0 Å². The number of nitrogens with zero attached hydrogens (tertiary/aromatic N) is 1. The van der Waals surface area contributed by atoms with Gasteiger partial charge in [0.05, 0.1) is 23.9 Å². The summed E-state index contributed by atoms with van der Waals surface area (Å²) in [5.74, 6) is -6.33. The normalized spacial score (nSPS) is 12.3. The van der Waals surface area contributed by atoms with Gasteiger partial charge in [-0.3, -0.25) is 4.72 Å². The molecule has 0 unspecified atom stereocenters. The summed E-state index contributed by atoms with van der Waals surface area (Å²) in [5.41, 5.74) is -2.79. The van der Waals surface area contributed by atoms with Crippen LogP contribution in [0.15, 0.2) is 65.0 Å². The van der Waals surface area contributed by atoms with Crippen LogP contribution in [0.4, 0.5) is 32.0 Å². The SMILES string of the molecule is COc1cc(C(=O)O)c(F)cc1NS(=O)(=O)c1csc(-c2ccc(-c3ccc(C(C)(F)F)cc3)cc2C(F)(F)F)n1. The van der Waals surface area contributed by atoms with Crippen LogP contribution in [0, 0.1) is 5.82 Å². The molecule has 0 fully saturated rings. The van der Waals surface area contributed by atoms with Crippen LogP contribution in [-0.2, 0) is 22.1 Å². The summed E-state index contributed by atoms with van der Waals surface area (Å²) in [7, 11) is -3.50. The van der Waals surface area contributed by atoms with Gasteiger partial charge in [-0.25, -0.2) is 22.9 Å². The van der Waals surface area contributed by atoms with Gasteiger partial charge < -0.3 is 9.84 Å². The minimum absolute atomic E-state index is 0.0806. The number of carbonyl (C=O) groups is 1. The van der Waals surface area contributed by atoms with Crippen molar-refractivity contribution in [3.8, 4) is 27.4 Å². The van der Waals surface area contributed by atoms with E-state index in [1.54, 1.807) is 0 Å². The Bertz CT molecular complexity index is 1730. The van der Waals surface area contributed by atoms with E-state index in [4.69, 9.17) is 9.84 Å². The van der Waals surface area contributed by atoms with Crippen molar-refractivity contribution in [1.29, 1.82) is 0 Å². The Hall–Kier alpha value is -4.11. The molecule has 15 heteroatoms. The minimum Gasteiger partial charge on any atom is -0.495 e. The number of aromatic nitrogens is 1. The standard InChI is InChI=1S/C26H18F6N2O5S2/c1-25(28,29)15-6-3-13(4-7-15)14-5-8-16(18(9-14)26(30,31)32)23-33-22(12-40-23)41(37,38)34-20-11-19(27)17(24(35)36)10-21(20)39-2/h3-12,34H,1-2H3,(H,35,36). The summed E-state index contributed by atoms with van der Waals surface area (Å²) in [6.07, 6.45) is -4.89. The van der Waals surface area contributed by atoms with Crippen molar-refractivity contribution in [2.75, 3.05) is 11.8 Å². The lowest BCUT2D eigenvalue weighted by Crippen LogP contribution is -2.15. The molecule has 216 valence electrons. The first-order chi connectivity index (χ1) is 19.0. The zero-order valence-corrected chi connectivity index (χ0v) is 22.5. The molecule has 4 rings (SSSR count). The van der Waals surface area contributed by atoms with Gasteiger partial charge in [-0.05, 0) is 23.3 Å². The Morgan fingerprint density at radius 1 is 1.00 bits per heavy atom. The Labute approximate surface area is 233 Å². The number of methoxy groups -OCH3 is 1. The summed E-state index contributed by atoms with van der Waals surface area (Å²) >= 11 is 0.600. The van der Waals surface area contributed by atoms with E-state index in [2.05, 4.69) is 4.98 Å². The van der Waals surface area contributed by atoms with Crippen molar-refractivity contribution in [2.45, 2.75) is 24.0 Å². The molecule has 1 aromatic heterocycles. The van der Waals surface area contributed by atoms with Crippen molar-refractivity contribution in [3.63, 3.8) is 0 Å². The fourth-order valence-electron chi connectivity index (χ4n) is 3.77. The number of carboxylic acids is 1. The fraction of sp³-hybridized carbons (Fsp3) is 0.154. The van der Waals surface area contributed by atoms with Crippen molar-refractivity contribution >= 4 is 33.0 Å². The van der Waals surface area contributed by atoms with Crippen LogP contribution in [0.1, 0.15) is 28.4 Å². The molecule has 0 saturated carbocycles. The topological polar surface area (TPSA) is 106 Å². The van der Waals surface area contributed by atoms with Gasteiger partial charge in [-0.15, -0.1) is 11.3 Å². The number of rotatable bonds is 8. The highest BCUT2D eigenvalue weighted by Gasteiger charge is 2.35. The molecule has 0 aliphatic heterocycles. The number of carboxylic acid groups (broad SMARTS) is 1. The van der Waals surface area contributed by atoms with Crippen molar-refractivity contribution in [3.05, 3.63) is 82.5 Å². The number of anilines is 1. The maximum Gasteiger partial charge on any atom is 0.417 e. The third-order valence-electron chi connectivity index (χ3n) is 5.80. The Balaban J connectivity index is 1.70. The lowest BCUT2D eigenvalue weighted by atomic mass is 9.97. The average Bonchev–Trinajstić information content (AvgIpc) is 3.39. The largest absolute Gasteiger partial charge is 0.495 e. The average molecular weight is 617 g/mol. The second-order valence-electron chi connectivity index (χ2n) is 8.66. The molecule has 0 aliphatic carbocycles. The zero-order chi connectivity index (χ0) is 30.3. The Morgan fingerprint density at radius 2 is 1.63 bits per heavy atom. The number of aromatic carboxylic acids is 1. The van der Waals surface area contributed by atoms with E-state index in [-0.39, 0.29) is 27.4 Å². The lowest BCUT2D eigenvalue weighted by molar-refractivity contribution is -0.137. The molecule has 3 aromatic carbocycles. The Kier molecular flexibility index (Phi) is 7.80. The molecular weight excluding hydrogens is 598 g/mol. The third-order valence-corrected chi connectivity index (χ3v) is 8.08. The van der Waals surface area contributed by atoms with E-state index in [1.807, 2.05) is 4.72 Å². The number of hydrogen-bond donors (Lipinski definition) is 2. The number of hydrogen-bond acceptors (Lipinski definition) is 6. The monoisotopic (exact) mass is 616 g/mol. The minimum atomic E-state index is -4.89. The first kappa shape index (κ1) is 29.9. The maximum atomic E-state index is 14.2. The van der Waals surface area contributed by atoms with Crippen LogP contribution in [0.25, 0.3) is 21.7 Å². The second-order valence-corrected chi connectivity index (χ2v) is 11.1. The molecule has 0 bridgehead atoms. The van der Waals surface area contributed by atoms with Crippen molar-refractivity contribution in [1.82, 2.24) is 4.98 Å². The van der Waals surface area contributed by atoms with Gasteiger partial charge in [-0.1, -0.05) is 36.4 Å². The summed E-state index contributed by atoms with van der Waals surface area (Å²) in [6.45, 7) is 0.695. The quantitative estimate of drug-likeness (QED) is 0.202. The van der Waals surface area contributed by atoms with Gasteiger partial charge in [0, 0.05) is 29.5 Å². The fourth-order valence-corrected chi connectivity index (χ4v) is 5.96. The predicted molar refractivity (Wildman–Crippen MR) is 138 cm³/mol. The van der Waals surface area contributed by atoms with Crippen molar-refractivity contribution in [2.24, 2.45) is 0 Å². The molecule has 2 N–H and O–H groups in total. The van der Waals surface area contributed by atoms with Gasteiger partial charge in [0.25, 0.3) is 15.9 Å². The van der Waals surface area contributed by atoms with E-state index < -0.39 is 61.3 Å². The summed E-state index contributed by atoms with van der Waals surface area (Å²) in [4.78, 5) is 15.0. The molecular formula is C26H18F6N2O5S2.